The molecule has 1 aromatic heterocycles. The number of hydrogen-bond donors (Lipinski definition) is 1. The molecular weight excluding hydrogens is 285 g/mol. The summed E-state index contributed by atoms with van der Waals surface area (Å²) in [6, 6.07) is 5.01. The summed E-state index contributed by atoms with van der Waals surface area (Å²) >= 11 is 3.33. The maximum Gasteiger partial charge on any atom is 0.129 e. The van der Waals surface area contributed by atoms with Crippen molar-refractivity contribution in [2.24, 2.45) is 0 Å². The van der Waals surface area contributed by atoms with Crippen LogP contribution in [0.2, 0.25) is 0 Å². The van der Waals surface area contributed by atoms with Gasteiger partial charge in [-0.1, -0.05) is 13.0 Å². The van der Waals surface area contributed by atoms with Crippen molar-refractivity contribution in [1.82, 2.24) is 15.1 Å². The molecule has 0 bridgehead atoms. The summed E-state index contributed by atoms with van der Waals surface area (Å²) in [7, 11) is 0. The molecule has 2 rings (SSSR count). The SMILES string of the molecule is CCNCc1c(F)cccc1-n1cc(Br)cn1. The van der Waals surface area contributed by atoms with Crippen molar-refractivity contribution in [1.29, 1.82) is 0 Å². The Morgan fingerprint density at radius 3 is 2.94 bits per heavy atom. The van der Waals surface area contributed by atoms with Crippen LogP contribution in [0.3, 0.4) is 0 Å². The van der Waals surface area contributed by atoms with Crippen molar-refractivity contribution in [2.45, 2.75) is 13.5 Å². The zero-order valence-electron chi connectivity index (χ0n) is 9.45. The smallest absolute Gasteiger partial charge is 0.129 e. The highest BCUT2D eigenvalue weighted by atomic mass is 79.9. The highest BCUT2D eigenvalue weighted by Crippen LogP contribution is 2.19. The molecule has 2 aromatic rings. The van der Waals surface area contributed by atoms with E-state index in [-0.39, 0.29) is 5.82 Å². The molecular formula is C12H13BrFN3. The number of aromatic nitrogens is 2. The lowest BCUT2D eigenvalue weighted by atomic mass is 10.1. The van der Waals surface area contributed by atoms with Gasteiger partial charge in [-0.15, -0.1) is 0 Å². The van der Waals surface area contributed by atoms with Crippen LogP contribution in [0.1, 0.15) is 12.5 Å². The average molecular weight is 298 g/mol. The molecule has 0 saturated heterocycles. The molecule has 0 spiro atoms. The molecule has 0 unspecified atom stereocenters. The third-order valence-electron chi connectivity index (χ3n) is 2.44. The molecule has 0 amide bonds. The zero-order chi connectivity index (χ0) is 12.3. The van der Waals surface area contributed by atoms with Gasteiger partial charge in [0.25, 0.3) is 0 Å². The van der Waals surface area contributed by atoms with E-state index in [4.69, 9.17) is 0 Å². The van der Waals surface area contributed by atoms with Crippen molar-refractivity contribution in [2.75, 3.05) is 6.54 Å². The molecule has 3 nitrogen and oxygen atoms in total. The molecule has 0 radical (unpaired) electrons. The highest BCUT2D eigenvalue weighted by molar-refractivity contribution is 9.10. The van der Waals surface area contributed by atoms with Gasteiger partial charge in [-0.05, 0) is 34.6 Å². The molecule has 0 fully saturated rings. The third-order valence-corrected chi connectivity index (χ3v) is 2.85. The largest absolute Gasteiger partial charge is 0.313 e. The van der Waals surface area contributed by atoms with E-state index in [0.29, 0.717) is 12.1 Å². The van der Waals surface area contributed by atoms with E-state index >= 15 is 0 Å². The average Bonchev–Trinajstić information content (AvgIpc) is 2.74. The van der Waals surface area contributed by atoms with Crippen LogP contribution >= 0.6 is 15.9 Å². The van der Waals surface area contributed by atoms with Crippen LogP contribution in [-0.4, -0.2) is 16.3 Å². The minimum Gasteiger partial charge on any atom is -0.313 e. The minimum absolute atomic E-state index is 0.213. The van der Waals surface area contributed by atoms with Gasteiger partial charge in [-0.2, -0.15) is 5.10 Å². The van der Waals surface area contributed by atoms with E-state index in [2.05, 4.69) is 26.3 Å². The lowest BCUT2D eigenvalue weighted by Crippen LogP contribution is -2.15. The highest BCUT2D eigenvalue weighted by Gasteiger charge is 2.10. The summed E-state index contributed by atoms with van der Waals surface area (Å²) in [6.07, 6.45) is 3.49. The molecule has 0 atom stereocenters. The molecule has 1 N–H and O–H groups in total. The summed E-state index contributed by atoms with van der Waals surface area (Å²) in [5, 5.41) is 7.30. The normalized spacial score (nSPS) is 10.8. The first-order chi connectivity index (χ1) is 8.22. The fourth-order valence-corrected chi connectivity index (χ4v) is 1.91. The Labute approximate surface area is 108 Å². The minimum atomic E-state index is -0.213. The van der Waals surface area contributed by atoms with Crippen LogP contribution in [0, 0.1) is 5.82 Å². The Morgan fingerprint density at radius 2 is 2.29 bits per heavy atom. The Kier molecular flexibility index (Phi) is 3.91. The van der Waals surface area contributed by atoms with E-state index in [0.717, 1.165) is 16.7 Å². The summed E-state index contributed by atoms with van der Waals surface area (Å²) < 4.78 is 16.3. The lowest BCUT2D eigenvalue weighted by Gasteiger charge is -2.10. The van der Waals surface area contributed by atoms with Crippen LogP contribution in [0.5, 0.6) is 0 Å². The van der Waals surface area contributed by atoms with Crippen LogP contribution < -0.4 is 5.32 Å². The van der Waals surface area contributed by atoms with Crippen molar-refractivity contribution >= 4 is 15.9 Å². The Hall–Kier alpha value is -1.20. The van der Waals surface area contributed by atoms with Crippen molar-refractivity contribution in [3.8, 4) is 5.69 Å². The summed E-state index contributed by atoms with van der Waals surface area (Å²) in [5.74, 6) is -0.213. The standard InChI is InChI=1S/C12H13BrFN3/c1-2-15-7-10-11(14)4-3-5-12(10)17-8-9(13)6-16-17/h3-6,8,15H,2,7H2,1H3. The van der Waals surface area contributed by atoms with Gasteiger partial charge in [0.1, 0.15) is 5.82 Å². The first kappa shape index (κ1) is 12.3. The second-order valence-electron chi connectivity index (χ2n) is 3.62. The second-order valence-corrected chi connectivity index (χ2v) is 4.54. The number of nitrogens with zero attached hydrogens (tertiary/aromatic N) is 2. The lowest BCUT2D eigenvalue weighted by molar-refractivity contribution is 0.589. The number of nitrogens with one attached hydrogen (secondary N) is 1. The Bertz CT molecular complexity index is 510. The van der Waals surface area contributed by atoms with Gasteiger partial charge >= 0.3 is 0 Å². The molecule has 90 valence electrons. The molecule has 0 aliphatic rings. The first-order valence-electron chi connectivity index (χ1n) is 5.41. The molecule has 0 saturated carbocycles. The van der Waals surface area contributed by atoms with Crippen molar-refractivity contribution in [3.05, 3.63) is 46.4 Å². The van der Waals surface area contributed by atoms with Gasteiger partial charge in [-0.25, -0.2) is 9.07 Å². The van der Waals surface area contributed by atoms with E-state index in [1.54, 1.807) is 16.9 Å². The maximum absolute atomic E-state index is 13.8. The molecule has 17 heavy (non-hydrogen) atoms. The molecule has 1 aromatic carbocycles. The summed E-state index contributed by atoms with van der Waals surface area (Å²) in [6.45, 7) is 3.29. The fourth-order valence-electron chi connectivity index (χ4n) is 1.62. The van der Waals surface area contributed by atoms with E-state index in [1.165, 1.54) is 6.07 Å². The summed E-state index contributed by atoms with van der Waals surface area (Å²) in [4.78, 5) is 0. The first-order valence-corrected chi connectivity index (χ1v) is 6.20. The number of hydrogen-bond acceptors (Lipinski definition) is 2. The van der Waals surface area contributed by atoms with Gasteiger partial charge in [0.05, 0.1) is 16.4 Å². The van der Waals surface area contributed by atoms with Crippen LogP contribution in [0.15, 0.2) is 35.1 Å². The van der Waals surface area contributed by atoms with Crippen LogP contribution in [-0.2, 0) is 6.54 Å². The van der Waals surface area contributed by atoms with E-state index in [1.807, 2.05) is 19.2 Å². The predicted molar refractivity (Wildman–Crippen MR) is 68.6 cm³/mol. The Balaban J connectivity index is 2.42. The quantitative estimate of drug-likeness (QED) is 0.940. The second kappa shape index (κ2) is 5.42. The zero-order valence-corrected chi connectivity index (χ0v) is 11.0. The number of benzene rings is 1. The van der Waals surface area contributed by atoms with E-state index in [9.17, 15) is 4.39 Å². The topological polar surface area (TPSA) is 29.9 Å². The third kappa shape index (κ3) is 2.73. The molecule has 1 heterocycles. The van der Waals surface area contributed by atoms with Crippen molar-refractivity contribution in [3.63, 3.8) is 0 Å². The molecule has 0 aliphatic carbocycles. The van der Waals surface area contributed by atoms with Gasteiger partial charge in [0.2, 0.25) is 0 Å². The van der Waals surface area contributed by atoms with Crippen LogP contribution in [0.4, 0.5) is 4.39 Å². The monoisotopic (exact) mass is 297 g/mol. The summed E-state index contributed by atoms with van der Waals surface area (Å²) in [5.41, 5.74) is 1.39. The van der Waals surface area contributed by atoms with Gasteiger partial charge in [-0.3, -0.25) is 0 Å². The van der Waals surface area contributed by atoms with E-state index < -0.39 is 0 Å². The predicted octanol–water partition coefficient (Wildman–Crippen LogP) is 2.88. The van der Waals surface area contributed by atoms with Gasteiger partial charge in [0.15, 0.2) is 0 Å². The van der Waals surface area contributed by atoms with Gasteiger partial charge in [0, 0.05) is 18.3 Å². The van der Waals surface area contributed by atoms with Gasteiger partial charge < -0.3 is 5.32 Å². The Morgan fingerprint density at radius 1 is 1.47 bits per heavy atom. The number of halogens is 2. The number of rotatable bonds is 4. The molecule has 0 aliphatic heterocycles. The molecule has 5 heteroatoms. The van der Waals surface area contributed by atoms with Crippen LogP contribution in [0.25, 0.3) is 5.69 Å². The maximum atomic E-state index is 13.8. The van der Waals surface area contributed by atoms with Crippen molar-refractivity contribution < 1.29 is 4.39 Å². The fraction of sp³-hybridized carbons (Fsp3) is 0.250.